The molecule has 126 heavy (non-hydrogen) atoms. The Kier molecular flexibility index (Phi) is 41.8. The predicted molar refractivity (Wildman–Crippen MR) is 420 cm³/mol. The van der Waals surface area contributed by atoms with Gasteiger partial charge < -0.3 is 198 Å². The lowest BCUT2D eigenvalue weighted by Crippen LogP contribution is -2.66. The molecule has 23 N–H and O–H groups in total. The number of nitrogens with zero attached hydrogens (tertiary/aromatic N) is 12. The second-order valence-corrected chi connectivity index (χ2v) is 35.0. The van der Waals surface area contributed by atoms with Crippen LogP contribution in [-0.4, -0.2) is 511 Å². The van der Waals surface area contributed by atoms with E-state index >= 15 is 0 Å². The van der Waals surface area contributed by atoms with Crippen molar-refractivity contribution in [1.29, 1.82) is 0 Å². The summed E-state index contributed by atoms with van der Waals surface area (Å²) in [5, 5.41) is 277. The molecule has 0 spiro atoms. The van der Waals surface area contributed by atoms with E-state index in [2.05, 4.69) is 41.2 Å². The number of aromatic nitrogens is 12. The van der Waals surface area contributed by atoms with Crippen molar-refractivity contribution in [3.8, 4) is 0 Å². The minimum Gasteiger partial charge on any atom is -0.394 e. The smallest absolute Gasteiger partial charge is 0.187 e. The molecule has 7 fully saturated rings. The molecule has 0 amide bonds. The minimum atomic E-state index is -2.15. The summed E-state index contributed by atoms with van der Waals surface area (Å²) >= 11 is 4.44. The molecule has 11 rings (SSSR count). The maximum atomic E-state index is 12.4. The second-order valence-electron chi connectivity index (χ2n) is 30.2. The Morgan fingerprint density at radius 2 is 0.532 bits per heavy atom. The molecule has 7 saturated heterocycles. The van der Waals surface area contributed by atoms with Crippen LogP contribution in [0, 0.1) is 0 Å². The number of rotatable bonds is 51. The van der Waals surface area contributed by atoms with Crippen molar-refractivity contribution in [2.24, 2.45) is 0 Å². The third kappa shape index (κ3) is 27.8. The van der Waals surface area contributed by atoms with Gasteiger partial charge in [-0.25, -0.2) is 18.7 Å². The minimum absolute atomic E-state index is 0.0393. The molecule has 4 aromatic rings. The zero-order valence-corrected chi connectivity index (χ0v) is 71.1. The summed E-state index contributed by atoms with van der Waals surface area (Å²) < 4.78 is 105. The highest BCUT2D eigenvalue weighted by atomic mass is 32.2. The first-order chi connectivity index (χ1) is 60.7. The highest BCUT2D eigenvalue weighted by Crippen LogP contribution is 2.38. The quantitative estimate of drug-likeness (QED) is 0.0183. The number of hydrogen-bond acceptors (Lipinski definition) is 52. The van der Waals surface area contributed by atoms with Crippen LogP contribution in [0.4, 0.5) is 0 Å². The highest BCUT2D eigenvalue weighted by molar-refractivity contribution is 8.00. The molecular weight excluding hydrogens is 1780 g/mol. The van der Waals surface area contributed by atoms with Gasteiger partial charge in [0.05, 0.1) is 177 Å². The summed E-state index contributed by atoms with van der Waals surface area (Å²) in [5.41, 5.74) is -2.70. The molecule has 720 valence electrons. The van der Waals surface area contributed by atoms with Gasteiger partial charge in [0.1, 0.15) is 215 Å². The third-order valence-corrected chi connectivity index (χ3v) is 25.6. The molecule has 11 heterocycles. The predicted octanol–water partition coefficient (Wildman–Crippen LogP) is -13.9. The number of thioether (sulfide) groups is 4. The number of aliphatic hydroxyl groups excluding tert-OH is 23. The van der Waals surface area contributed by atoms with Gasteiger partial charge in [-0.1, -0.05) is 20.9 Å². The van der Waals surface area contributed by atoms with Gasteiger partial charge in [-0.3, -0.25) is 0 Å². The van der Waals surface area contributed by atoms with Crippen molar-refractivity contribution >= 4 is 47.0 Å². The fourth-order valence-electron chi connectivity index (χ4n) is 14.1. The second kappa shape index (κ2) is 51.2. The Bertz CT molecular complexity index is 3720. The zero-order valence-electron chi connectivity index (χ0n) is 67.8. The molecular formula is C70H116N12O40S4. The summed E-state index contributed by atoms with van der Waals surface area (Å²) in [6.07, 6.45) is -43.6. The van der Waals surface area contributed by atoms with Gasteiger partial charge in [0.2, 0.25) is 0 Å². The maximum absolute atomic E-state index is 12.4. The molecule has 0 aliphatic carbocycles. The largest absolute Gasteiger partial charge is 0.394 e. The Labute approximate surface area is 735 Å². The van der Waals surface area contributed by atoms with E-state index in [0.717, 1.165) is 51.7 Å². The topological polar surface area (TPSA) is 745 Å². The molecule has 7 aliphatic rings. The molecule has 52 nitrogen and oxygen atoms in total. The van der Waals surface area contributed by atoms with Gasteiger partial charge in [-0.2, -0.15) is 0 Å². The van der Waals surface area contributed by atoms with Crippen LogP contribution in [-0.2, 0) is 127 Å². The number of ether oxygens (including phenoxy) is 17. The molecule has 0 radical (unpaired) electrons. The molecule has 0 unspecified atom stereocenters. The summed E-state index contributed by atoms with van der Waals surface area (Å²) in [6.45, 7) is -2.57. The molecule has 7 aliphatic heterocycles. The summed E-state index contributed by atoms with van der Waals surface area (Å²) in [6, 6.07) is 0. The van der Waals surface area contributed by atoms with E-state index in [1.807, 2.05) is 0 Å². The Morgan fingerprint density at radius 1 is 0.262 bits per heavy atom. The van der Waals surface area contributed by atoms with Crippen molar-refractivity contribution in [2.45, 2.75) is 258 Å². The first kappa shape index (κ1) is 103. The van der Waals surface area contributed by atoms with Crippen LogP contribution in [0.1, 0.15) is 29.0 Å². The highest BCUT2D eigenvalue weighted by Gasteiger charge is 2.56. The molecule has 0 saturated carbocycles. The van der Waals surface area contributed by atoms with Crippen molar-refractivity contribution in [3.05, 3.63) is 47.6 Å². The number of aliphatic hydroxyl groups is 23. The van der Waals surface area contributed by atoms with Crippen molar-refractivity contribution < 1.29 is 198 Å². The SMILES string of the molecule is OC[C@H]1O[C@@H](SCCOCCOCc2cn(C[C@H]3O[C@H](O[C@H]4[C@H](O)[C@@H](O)[C@@H](O[C@H]5[C@H](O)[C@@H](O)[C@H](n6cc(COCCOCCS[C@@H]7O[C@H](CO)[C@H](O)[C@H](O)[C@H]7O)nn6)O[C@@H]5Cn5cc(COCCOCCS[C@@H]6O[C@H](CO)[C@H](O)[C@H](O)[C@H]6O)nn5)O[C@@H]4Cn4cc(COCCOCCS[C@@H]5O[C@H](CO)[C@H](O)[C@H](O)[C@H]5O)nn4)[C@H](O)[C@@H](O)[C@@H]3O)nn2)[C@H](O)[C@@H](O)[C@H]1O. The van der Waals surface area contributed by atoms with Crippen LogP contribution in [0.2, 0.25) is 0 Å². The van der Waals surface area contributed by atoms with Gasteiger partial charge in [0, 0.05) is 23.0 Å². The fraction of sp³-hybridized carbons (Fsp3) is 0.886. The Morgan fingerprint density at radius 3 is 0.873 bits per heavy atom. The van der Waals surface area contributed by atoms with Crippen LogP contribution in [0.15, 0.2) is 24.8 Å². The van der Waals surface area contributed by atoms with Crippen LogP contribution < -0.4 is 0 Å². The van der Waals surface area contributed by atoms with Crippen LogP contribution >= 0.6 is 47.0 Å². The Hall–Kier alpha value is -3.64. The van der Waals surface area contributed by atoms with Gasteiger partial charge in [-0.15, -0.1) is 67.4 Å². The van der Waals surface area contributed by atoms with E-state index in [1.165, 1.54) is 38.8 Å². The van der Waals surface area contributed by atoms with Crippen LogP contribution in [0.5, 0.6) is 0 Å². The van der Waals surface area contributed by atoms with E-state index < -0.39 is 244 Å². The standard InChI is InChI=1S/C70H116N12O40S4/c83-24-39-44(88)49(93)58(102)67(117-39)123-13-9-106-1-5-110-28-32-17-79(75-71-32)21-36-43(87)48(92)56(100)65(115-36)122-63-38(23-81-19-34(73-77-81)30-112-7-3-108-11-15-125-69-60(104)51(95)46(90)41(26-85)119-69)116-66(57(101)54(63)98)121-62-37(22-80-18-33(72-76-80)29-111-6-2-107-10-14-124-68-59(103)50(94)45(89)40(25-84)118-68)114-64(55(99)53(62)97)82-20-35(74-78-82)31-113-8-4-109-12-16-126-70-61(105)52(96)47(91)42(27-86)120-70/h17-20,36-70,83-105H,1-16,21-31H2/t36-,37-,38-,39-,40-,41-,42-,43-,44+,45+,46+,47+,48+,49+,50+,51+,52+,53-,54-,55-,56-,57-,58-,59-,60-,61-,62-,63-,64-,65-,66-,67+,68+,69+,70+/m1/s1. The Balaban J connectivity index is 0.734. The monoisotopic (exact) mass is 1890 g/mol. The lowest BCUT2D eigenvalue weighted by Gasteiger charge is -2.48. The molecule has 0 aromatic carbocycles. The zero-order chi connectivity index (χ0) is 90.3. The molecule has 4 aromatic heterocycles. The van der Waals surface area contributed by atoms with Gasteiger partial charge in [-0.05, 0) is 0 Å². The van der Waals surface area contributed by atoms with E-state index in [1.54, 1.807) is 0 Å². The van der Waals surface area contributed by atoms with Gasteiger partial charge in [0.25, 0.3) is 0 Å². The number of hydrogen-bond donors (Lipinski definition) is 23. The van der Waals surface area contributed by atoms with E-state index in [0.29, 0.717) is 23.0 Å². The van der Waals surface area contributed by atoms with Gasteiger partial charge in [0.15, 0.2) is 18.8 Å². The first-order valence-corrected chi connectivity index (χ1v) is 44.8. The van der Waals surface area contributed by atoms with Gasteiger partial charge >= 0.3 is 0 Å². The summed E-state index contributed by atoms with van der Waals surface area (Å²) in [4.78, 5) is 0. The lowest BCUT2D eigenvalue weighted by atomic mass is 9.95. The first-order valence-electron chi connectivity index (χ1n) is 40.6. The van der Waals surface area contributed by atoms with E-state index in [-0.39, 0.29) is 142 Å². The van der Waals surface area contributed by atoms with Crippen molar-refractivity contribution in [3.63, 3.8) is 0 Å². The van der Waals surface area contributed by atoms with E-state index in [4.69, 9.17) is 80.5 Å². The van der Waals surface area contributed by atoms with Crippen molar-refractivity contribution in [1.82, 2.24) is 60.0 Å². The average molecular weight is 1890 g/mol. The maximum Gasteiger partial charge on any atom is 0.187 e. The van der Waals surface area contributed by atoms with E-state index in [9.17, 15) is 117 Å². The summed E-state index contributed by atoms with van der Waals surface area (Å²) in [5.74, 6) is 1.18. The lowest BCUT2D eigenvalue weighted by molar-refractivity contribution is -0.373. The van der Waals surface area contributed by atoms with Crippen LogP contribution in [0.3, 0.4) is 0 Å². The van der Waals surface area contributed by atoms with Crippen molar-refractivity contribution in [2.75, 3.05) is 129 Å². The molecule has 35 atom stereocenters. The average Bonchev–Trinajstić information content (AvgIpc) is 1.04. The third-order valence-electron chi connectivity index (χ3n) is 21.1. The molecule has 56 heteroatoms. The summed E-state index contributed by atoms with van der Waals surface area (Å²) in [7, 11) is 0. The normalized spacial score (nSPS) is 37.7. The molecule has 0 bridgehead atoms. The van der Waals surface area contributed by atoms with Crippen LogP contribution in [0.25, 0.3) is 0 Å². The fourth-order valence-corrected chi connectivity index (χ4v) is 18.2.